The Bertz CT molecular complexity index is 501. The topological polar surface area (TPSA) is 81.9 Å². The smallest absolute Gasteiger partial charge is 0.328 e. The van der Waals surface area contributed by atoms with Gasteiger partial charge in [0.1, 0.15) is 11.8 Å². The molecule has 0 saturated carbocycles. The molecule has 0 aliphatic carbocycles. The summed E-state index contributed by atoms with van der Waals surface area (Å²) in [6.07, 6.45) is 1.72. The minimum absolute atomic E-state index is 0.0849. The molecule has 114 valence electrons. The third kappa shape index (κ3) is 3.87. The maximum atomic E-state index is 12.1. The largest absolute Gasteiger partial charge is 0.493 e. The fourth-order valence-electron chi connectivity index (χ4n) is 2.41. The van der Waals surface area contributed by atoms with E-state index in [0.717, 1.165) is 6.42 Å². The van der Waals surface area contributed by atoms with E-state index in [1.165, 1.54) is 7.11 Å². The van der Waals surface area contributed by atoms with Crippen molar-refractivity contribution in [1.29, 1.82) is 0 Å². The number of rotatable bonds is 5. The number of carbonyl (C=O) groups is 2. The zero-order chi connectivity index (χ0) is 15.2. The van der Waals surface area contributed by atoms with Crippen LogP contribution >= 0.6 is 0 Å². The summed E-state index contributed by atoms with van der Waals surface area (Å²) in [5.74, 6) is 0.238. The average molecular weight is 292 g/mol. The van der Waals surface area contributed by atoms with Gasteiger partial charge in [0, 0.05) is 12.2 Å². The van der Waals surface area contributed by atoms with Gasteiger partial charge in [-0.1, -0.05) is 0 Å². The molecule has 6 heteroatoms. The molecule has 0 bridgehead atoms. The van der Waals surface area contributed by atoms with Gasteiger partial charge in [-0.2, -0.15) is 0 Å². The van der Waals surface area contributed by atoms with Gasteiger partial charge in [-0.3, -0.25) is 4.79 Å². The molecular formula is C15H20N2O4. The number of amides is 1. The van der Waals surface area contributed by atoms with Crippen molar-refractivity contribution in [2.45, 2.75) is 25.3 Å². The molecule has 1 aliphatic rings. The summed E-state index contributed by atoms with van der Waals surface area (Å²) in [5, 5.41) is 0. The van der Waals surface area contributed by atoms with Crippen molar-refractivity contribution in [2.75, 3.05) is 26.0 Å². The first kappa shape index (κ1) is 15.2. The van der Waals surface area contributed by atoms with Gasteiger partial charge in [0.05, 0.1) is 20.1 Å². The lowest BCUT2D eigenvalue weighted by molar-refractivity contribution is -0.151. The van der Waals surface area contributed by atoms with Crippen molar-refractivity contribution in [3.05, 3.63) is 24.3 Å². The highest BCUT2D eigenvalue weighted by atomic mass is 16.5. The van der Waals surface area contributed by atoms with E-state index in [-0.39, 0.29) is 24.9 Å². The molecule has 1 atom stereocenters. The molecule has 1 saturated heterocycles. The summed E-state index contributed by atoms with van der Waals surface area (Å²) in [4.78, 5) is 25.3. The first-order chi connectivity index (χ1) is 10.1. The van der Waals surface area contributed by atoms with Crippen LogP contribution in [0.25, 0.3) is 0 Å². The second kappa shape index (κ2) is 6.97. The minimum atomic E-state index is -0.445. The van der Waals surface area contributed by atoms with Crippen molar-refractivity contribution in [3.63, 3.8) is 0 Å². The number of carbonyl (C=O) groups excluding carboxylic acids is 2. The zero-order valence-corrected chi connectivity index (χ0v) is 12.1. The molecule has 6 nitrogen and oxygen atoms in total. The van der Waals surface area contributed by atoms with Crippen molar-refractivity contribution < 1.29 is 19.1 Å². The molecule has 0 aromatic heterocycles. The molecule has 1 aromatic carbocycles. The molecule has 21 heavy (non-hydrogen) atoms. The number of hydrogen-bond donors (Lipinski definition) is 1. The highest BCUT2D eigenvalue weighted by molar-refractivity contribution is 5.85. The van der Waals surface area contributed by atoms with Crippen LogP contribution in [0.5, 0.6) is 5.75 Å². The van der Waals surface area contributed by atoms with E-state index in [1.807, 2.05) is 0 Å². The van der Waals surface area contributed by atoms with E-state index >= 15 is 0 Å². The number of anilines is 1. The molecule has 1 heterocycles. The van der Waals surface area contributed by atoms with Crippen LogP contribution in [-0.2, 0) is 14.3 Å². The minimum Gasteiger partial charge on any atom is -0.493 e. The van der Waals surface area contributed by atoms with E-state index < -0.39 is 6.04 Å². The van der Waals surface area contributed by atoms with Crippen LogP contribution in [0.2, 0.25) is 0 Å². The van der Waals surface area contributed by atoms with Gasteiger partial charge < -0.3 is 20.1 Å². The third-order valence-electron chi connectivity index (χ3n) is 3.51. The number of hydrogen-bond acceptors (Lipinski definition) is 5. The van der Waals surface area contributed by atoms with Gasteiger partial charge in [-0.25, -0.2) is 4.79 Å². The Balaban J connectivity index is 1.81. The van der Waals surface area contributed by atoms with Crippen molar-refractivity contribution in [1.82, 2.24) is 4.90 Å². The summed E-state index contributed by atoms with van der Waals surface area (Å²) < 4.78 is 10.2. The number of nitrogens with two attached hydrogens (primary N) is 1. The number of esters is 1. The number of likely N-dealkylation sites (tertiary alicyclic amines) is 1. The molecular weight excluding hydrogens is 272 g/mol. The molecule has 0 spiro atoms. The highest BCUT2D eigenvalue weighted by Gasteiger charge is 2.34. The molecule has 1 amide bonds. The molecule has 0 radical (unpaired) electrons. The summed E-state index contributed by atoms with van der Waals surface area (Å²) >= 11 is 0. The predicted molar refractivity (Wildman–Crippen MR) is 77.7 cm³/mol. The molecule has 2 rings (SSSR count). The average Bonchev–Trinajstić information content (AvgIpc) is 2.98. The van der Waals surface area contributed by atoms with E-state index in [9.17, 15) is 9.59 Å². The van der Waals surface area contributed by atoms with Crippen molar-refractivity contribution in [2.24, 2.45) is 0 Å². The van der Waals surface area contributed by atoms with E-state index in [4.69, 9.17) is 15.2 Å². The predicted octanol–water partition coefficient (Wildman–Crippen LogP) is 1.20. The Hall–Kier alpha value is -2.24. The molecule has 1 fully saturated rings. The van der Waals surface area contributed by atoms with Gasteiger partial charge in [0.25, 0.3) is 0 Å². The van der Waals surface area contributed by atoms with Gasteiger partial charge in [0.2, 0.25) is 5.91 Å². The molecule has 1 aliphatic heterocycles. The first-order valence-corrected chi connectivity index (χ1v) is 6.97. The van der Waals surface area contributed by atoms with Crippen LogP contribution in [0.15, 0.2) is 24.3 Å². The van der Waals surface area contributed by atoms with Crippen LogP contribution in [0.4, 0.5) is 5.69 Å². The first-order valence-electron chi connectivity index (χ1n) is 6.97. The van der Waals surface area contributed by atoms with E-state index in [2.05, 4.69) is 0 Å². The number of ether oxygens (including phenoxy) is 2. The molecule has 2 N–H and O–H groups in total. The summed E-state index contributed by atoms with van der Waals surface area (Å²) in [7, 11) is 1.34. The van der Waals surface area contributed by atoms with Crippen LogP contribution in [0, 0.1) is 0 Å². The Morgan fingerprint density at radius 2 is 2.05 bits per heavy atom. The van der Waals surface area contributed by atoms with Crippen molar-refractivity contribution >= 4 is 17.6 Å². The second-order valence-electron chi connectivity index (χ2n) is 4.94. The lowest BCUT2D eigenvalue weighted by Gasteiger charge is -2.22. The zero-order valence-electron chi connectivity index (χ0n) is 12.1. The van der Waals surface area contributed by atoms with E-state index in [0.29, 0.717) is 24.4 Å². The van der Waals surface area contributed by atoms with Gasteiger partial charge in [-0.15, -0.1) is 0 Å². The quantitative estimate of drug-likeness (QED) is 0.651. The number of nitrogen functional groups attached to an aromatic ring is 1. The Morgan fingerprint density at radius 1 is 1.33 bits per heavy atom. The van der Waals surface area contributed by atoms with Crippen molar-refractivity contribution in [3.8, 4) is 5.75 Å². The number of nitrogens with zero attached hydrogens (tertiary/aromatic N) is 1. The summed E-state index contributed by atoms with van der Waals surface area (Å²) in [6, 6.07) is 6.55. The maximum Gasteiger partial charge on any atom is 0.328 e. The SMILES string of the molecule is COC(=O)C1CCCN1C(=O)CCOc1ccc(N)cc1. The van der Waals surface area contributed by atoms with Gasteiger partial charge in [-0.05, 0) is 37.1 Å². The van der Waals surface area contributed by atoms with Gasteiger partial charge in [0.15, 0.2) is 0 Å². The number of benzene rings is 1. The van der Waals surface area contributed by atoms with Gasteiger partial charge >= 0.3 is 5.97 Å². The summed E-state index contributed by atoms with van der Waals surface area (Å²) in [5.41, 5.74) is 6.25. The van der Waals surface area contributed by atoms with E-state index in [1.54, 1.807) is 29.2 Å². The Kier molecular flexibility index (Phi) is 5.03. The normalized spacial score (nSPS) is 17.6. The lowest BCUT2D eigenvalue weighted by Crippen LogP contribution is -2.41. The monoisotopic (exact) mass is 292 g/mol. The standard InChI is InChI=1S/C15H20N2O4/c1-20-15(19)13-3-2-9-17(13)14(18)8-10-21-12-6-4-11(16)5-7-12/h4-7,13H,2-3,8-10,16H2,1H3. The number of methoxy groups -OCH3 is 1. The van der Waals surface area contributed by atoms with Crippen LogP contribution in [0.3, 0.4) is 0 Å². The van der Waals surface area contributed by atoms with Crippen LogP contribution in [-0.4, -0.2) is 43.1 Å². The Morgan fingerprint density at radius 3 is 2.71 bits per heavy atom. The molecule has 1 aromatic rings. The van der Waals surface area contributed by atoms with Crippen LogP contribution in [0.1, 0.15) is 19.3 Å². The second-order valence-corrected chi connectivity index (χ2v) is 4.94. The summed E-state index contributed by atoms with van der Waals surface area (Å²) in [6.45, 7) is 0.869. The lowest BCUT2D eigenvalue weighted by atomic mass is 10.2. The fraction of sp³-hybridized carbons (Fsp3) is 0.467. The Labute approximate surface area is 123 Å². The third-order valence-corrected chi connectivity index (χ3v) is 3.51. The van der Waals surface area contributed by atoms with Crippen LogP contribution < -0.4 is 10.5 Å². The fourth-order valence-corrected chi connectivity index (χ4v) is 2.41. The molecule has 1 unspecified atom stereocenters. The maximum absolute atomic E-state index is 12.1. The highest BCUT2D eigenvalue weighted by Crippen LogP contribution is 2.19.